The van der Waals surface area contributed by atoms with E-state index in [0.717, 1.165) is 16.7 Å². The van der Waals surface area contributed by atoms with Crippen LogP contribution in [0.4, 0.5) is 0 Å². The smallest absolute Gasteiger partial charge is 0.255 e. The Labute approximate surface area is 232 Å². The van der Waals surface area contributed by atoms with Gasteiger partial charge < -0.3 is 26.2 Å². The number of nitrogens with zero attached hydrogens (tertiary/aromatic N) is 1. The second-order valence-electron chi connectivity index (χ2n) is 12.3. The summed E-state index contributed by atoms with van der Waals surface area (Å²) in [7, 11) is 3.15. The molecule has 1 saturated carbocycles. The SMILES string of the molecule is CN(C)[C@H]1C(=O)C(C(N)=O)=C(O)[C@]2(O)C(=O)C3=C(O)c4c(O)ccc(-c5ccc(C(C)(C)C)cc5)c4C[C@@H]3C[C@H]12. The van der Waals surface area contributed by atoms with Gasteiger partial charge in [0.25, 0.3) is 5.91 Å². The van der Waals surface area contributed by atoms with Crippen LogP contribution in [0.15, 0.2) is 53.3 Å². The van der Waals surface area contributed by atoms with Crippen LogP contribution in [0.2, 0.25) is 0 Å². The van der Waals surface area contributed by atoms with Gasteiger partial charge in [-0.15, -0.1) is 0 Å². The van der Waals surface area contributed by atoms with Crippen molar-refractivity contribution >= 4 is 23.2 Å². The number of carbonyl (C=O) groups excluding carboxylic acids is 3. The van der Waals surface area contributed by atoms with Gasteiger partial charge in [-0.2, -0.15) is 0 Å². The molecule has 0 heterocycles. The van der Waals surface area contributed by atoms with Gasteiger partial charge in [-0.3, -0.25) is 19.3 Å². The van der Waals surface area contributed by atoms with Crippen molar-refractivity contribution in [2.45, 2.75) is 50.7 Å². The Bertz CT molecular complexity index is 1530. The first-order valence-electron chi connectivity index (χ1n) is 13.2. The molecule has 4 atom stereocenters. The molecule has 0 aliphatic heterocycles. The fourth-order valence-electron chi connectivity index (χ4n) is 6.66. The van der Waals surface area contributed by atoms with Gasteiger partial charge in [0, 0.05) is 11.5 Å². The highest BCUT2D eigenvalue weighted by atomic mass is 16.3. The van der Waals surface area contributed by atoms with E-state index in [2.05, 4.69) is 20.8 Å². The summed E-state index contributed by atoms with van der Waals surface area (Å²) in [6, 6.07) is 10.1. The molecule has 3 aliphatic carbocycles. The van der Waals surface area contributed by atoms with E-state index >= 15 is 0 Å². The minimum absolute atomic E-state index is 0.0448. The molecule has 210 valence electrons. The quantitative estimate of drug-likeness (QED) is 0.367. The molecule has 2 aromatic carbocycles. The molecule has 0 bridgehead atoms. The largest absolute Gasteiger partial charge is 0.508 e. The number of Topliss-reactive ketones (excluding diaryl/α,β-unsaturated/α-hetero) is 2. The third kappa shape index (κ3) is 3.79. The van der Waals surface area contributed by atoms with Crippen molar-refractivity contribution in [2.24, 2.45) is 17.6 Å². The first-order chi connectivity index (χ1) is 18.6. The van der Waals surface area contributed by atoms with Gasteiger partial charge in [-0.1, -0.05) is 51.1 Å². The molecule has 9 nitrogen and oxygen atoms in total. The summed E-state index contributed by atoms with van der Waals surface area (Å²) in [4.78, 5) is 40.8. The highest BCUT2D eigenvalue weighted by molar-refractivity contribution is 6.24. The number of phenols is 1. The molecule has 3 aliphatic rings. The Balaban J connectivity index is 1.70. The number of hydrogen-bond acceptors (Lipinski definition) is 8. The number of aliphatic hydroxyl groups excluding tert-OH is 2. The standard InChI is InChI=1S/C31H34N2O7/c1-30(2,3)16-8-6-14(7-9-16)17-10-11-20(34)22-18(17)12-15-13-19-24(33(4)5)26(36)23(29(32)39)28(38)31(19,40)27(37)21(15)25(22)35/h6-11,15,19,24,34-35,38,40H,12-13H2,1-5H3,(H2,32,39)/t15-,19-,24-,31-/m1/s1. The van der Waals surface area contributed by atoms with Crippen LogP contribution >= 0.6 is 0 Å². The number of nitrogens with two attached hydrogens (primary N) is 1. The second-order valence-corrected chi connectivity index (χ2v) is 12.3. The monoisotopic (exact) mass is 546 g/mol. The summed E-state index contributed by atoms with van der Waals surface area (Å²) in [5, 5.41) is 44.9. The number of hydrogen-bond donors (Lipinski definition) is 5. The predicted octanol–water partition coefficient (Wildman–Crippen LogP) is 2.93. The molecule has 0 aromatic heterocycles. The number of primary amides is 1. The lowest BCUT2D eigenvalue weighted by molar-refractivity contribution is -0.153. The number of fused-ring (bicyclic) bond motifs is 3. The van der Waals surface area contributed by atoms with Gasteiger partial charge in [-0.25, -0.2) is 0 Å². The zero-order valence-electron chi connectivity index (χ0n) is 23.1. The van der Waals surface area contributed by atoms with Crippen molar-refractivity contribution in [3.05, 3.63) is 70.0 Å². The number of amides is 1. The first-order valence-corrected chi connectivity index (χ1v) is 13.2. The second kappa shape index (κ2) is 9.04. The Kier molecular flexibility index (Phi) is 6.24. The van der Waals surface area contributed by atoms with E-state index < -0.39 is 58.0 Å². The first kappa shape index (κ1) is 27.6. The van der Waals surface area contributed by atoms with Crippen molar-refractivity contribution in [3.63, 3.8) is 0 Å². The van der Waals surface area contributed by atoms with Gasteiger partial charge in [0.2, 0.25) is 5.78 Å². The minimum Gasteiger partial charge on any atom is -0.508 e. The molecule has 0 saturated heterocycles. The predicted molar refractivity (Wildman–Crippen MR) is 148 cm³/mol. The number of phenolic OH excluding ortho intramolecular Hbond substituents is 1. The summed E-state index contributed by atoms with van der Waals surface area (Å²) < 4.78 is 0. The lowest BCUT2D eigenvalue weighted by Crippen LogP contribution is -2.65. The van der Waals surface area contributed by atoms with Crippen LogP contribution in [-0.2, 0) is 26.2 Å². The fourth-order valence-corrected chi connectivity index (χ4v) is 6.66. The average Bonchev–Trinajstić information content (AvgIpc) is 2.85. The minimum atomic E-state index is -2.65. The average molecular weight is 547 g/mol. The van der Waals surface area contributed by atoms with Crippen molar-refractivity contribution in [1.29, 1.82) is 0 Å². The molecule has 5 rings (SSSR count). The zero-order valence-corrected chi connectivity index (χ0v) is 23.1. The van der Waals surface area contributed by atoms with Gasteiger partial charge in [0.15, 0.2) is 11.4 Å². The number of likely N-dealkylation sites (N-methyl/N-ethyl adjacent to an activating group) is 1. The van der Waals surface area contributed by atoms with E-state index in [9.17, 15) is 34.8 Å². The maximum absolute atomic E-state index is 14.0. The molecule has 9 heteroatoms. The number of ketones is 2. The molecule has 0 unspecified atom stereocenters. The summed E-state index contributed by atoms with van der Waals surface area (Å²) in [5.74, 6) is -6.63. The Morgan fingerprint density at radius 2 is 1.65 bits per heavy atom. The summed E-state index contributed by atoms with van der Waals surface area (Å²) in [6.07, 6.45) is 0.281. The van der Waals surface area contributed by atoms with Crippen molar-refractivity contribution in [1.82, 2.24) is 4.90 Å². The Hall–Kier alpha value is -3.95. The maximum Gasteiger partial charge on any atom is 0.255 e. The number of benzene rings is 2. The number of rotatable bonds is 3. The van der Waals surface area contributed by atoms with Gasteiger partial charge >= 0.3 is 0 Å². The number of aromatic hydroxyl groups is 1. The van der Waals surface area contributed by atoms with Crippen molar-refractivity contribution < 1.29 is 34.8 Å². The third-order valence-electron chi connectivity index (χ3n) is 8.67. The van der Waals surface area contributed by atoms with Crippen molar-refractivity contribution in [3.8, 4) is 16.9 Å². The van der Waals surface area contributed by atoms with E-state index in [1.165, 1.54) is 11.0 Å². The van der Waals surface area contributed by atoms with Crippen LogP contribution in [0.3, 0.4) is 0 Å². The van der Waals surface area contributed by atoms with Crippen LogP contribution in [0.5, 0.6) is 5.75 Å². The lowest BCUT2D eigenvalue weighted by atomic mass is 9.57. The normalized spacial score (nSPS) is 26.5. The third-order valence-corrected chi connectivity index (χ3v) is 8.67. The van der Waals surface area contributed by atoms with Gasteiger partial charge in [-0.05, 0) is 66.6 Å². The number of aliphatic hydroxyl groups is 3. The molecule has 40 heavy (non-hydrogen) atoms. The molecule has 1 fully saturated rings. The van der Waals surface area contributed by atoms with Crippen LogP contribution in [0.25, 0.3) is 16.9 Å². The topological polar surface area (TPSA) is 161 Å². The van der Waals surface area contributed by atoms with Crippen LogP contribution in [0, 0.1) is 11.8 Å². The van der Waals surface area contributed by atoms with Crippen LogP contribution in [0.1, 0.15) is 43.9 Å². The maximum atomic E-state index is 14.0. The van der Waals surface area contributed by atoms with Crippen molar-refractivity contribution in [2.75, 3.05) is 14.1 Å². The highest BCUT2D eigenvalue weighted by Gasteiger charge is 2.64. The lowest BCUT2D eigenvalue weighted by Gasteiger charge is -2.50. The summed E-state index contributed by atoms with van der Waals surface area (Å²) in [6.45, 7) is 6.35. The molecule has 2 aromatic rings. The molecule has 1 amide bonds. The van der Waals surface area contributed by atoms with E-state index in [1.807, 2.05) is 24.3 Å². The molecule has 0 radical (unpaired) electrons. The molecular weight excluding hydrogens is 512 g/mol. The highest BCUT2D eigenvalue weighted by Crippen LogP contribution is 2.53. The molecule has 6 N–H and O–H groups in total. The molecule has 0 spiro atoms. The van der Waals surface area contributed by atoms with Gasteiger partial charge in [0.1, 0.15) is 22.8 Å². The van der Waals surface area contributed by atoms with Crippen LogP contribution < -0.4 is 5.73 Å². The van der Waals surface area contributed by atoms with E-state index in [0.29, 0.717) is 5.56 Å². The zero-order chi connectivity index (χ0) is 29.5. The number of carbonyl (C=O) groups is 3. The Morgan fingerprint density at radius 3 is 2.20 bits per heavy atom. The van der Waals surface area contributed by atoms with E-state index in [4.69, 9.17) is 5.73 Å². The fraction of sp³-hybridized carbons (Fsp3) is 0.387. The van der Waals surface area contributed by atoms with Crippen LogP contribution in [-0.4, -0.2) is 68.5 Å². The van der Waals surface area contributed by atoms with Gasteiger partial charge in [0.05, 0.1) is 11.6 Å². The Morgan fingerprint density at radius 1 is 1.02 bits per heavy atom. The van der Waals surface area contributed by atoms with E-state index in [1.54, 1.807) is 20.2 Å². The van der Waals surface area contributed by atoms with E-state index in [-0.39, 0.29) is 35.1 Å². The molecular formula is C31H34N2O7. The summed E-state index contributed by atoms with van der Waals surface area (Å²) in [5.41, 5.74) is 5.18. The summed E-state index contributed by atoms with van der Waals surface area (Å²) >= 11 is 0.